The molecule has 9 heteroatoms. The lowest BCUT2D eigenvalue weighted by molar-refractivity contribution is -0.141. The molecule has 3 aromatic rings. The number of nitrogens with zero attached hydrogens (tertiary/aromatic N) is 1. The molecule has 0 aliphatic heterocycles. The van der Waals surface area contributed by atoms with Crippen LogP contribution in [0.5, 0.6) is 0 Å². The van der Waals surface area contributed by atoms with Crippen molar-refractivity contribution in [1.82, 2.24) is 15.5 Å². The maximum absolute atomic E-state index is 13.5. The van der Waals surface area contributed by atoms with Crippen molar-refractivity contribution in [3.63, 3.8) is 0 Å². The van der Waals surface area contributed by atoms with Crippen molar-refractivity contribution in [3.05, 3.63) is 82.2 Å². The Morgan fingerprint density at radius 2 is 1.85 bits per heavy atom. The Labute approximate surface area is 200 Å². The van der Waals surface area contributed by atoms with Crippen LogP contribution in [0, 0.1) is 5.82 Å². The number of nitrogens with one attached hydrogen (secondary N) is 2. The largest absolute Gasteiger partial charge is 0.459 e. The fraction of sp³-hybridized carbons (Fsp3) is 0.320. The average molecular weight is 484 g/mol. The van der Waals surface area contributed by atoms with Crippen LogP contribution >= 0.6 is 11.3 Å². The molecule has 0 spiro atoms. The summed E-state index contributed by atoms with van der Waals surface area (Å²) in [7, 11) is 0. The number of benzene rings is 1. The van der Waals surface area contributed by atoms with Crippen LogP contribution in [0.1, 0.15) is 52.7 Å². The van der Waals surface area contributed by atoms with Gasteiger partial charge in [-0.15, -0.1) is 11.3 Å². The number of furan rings is 1. The number of rotatable bonds is 9. The summed E-state index contributed by atoms with van der Waals surface area (Å²) in [6, 6.07) is 11.7. The molecule has 0 radical (unpaired) electrons. The Morgan fingerprint density at radius 1 is 1.09 bits per heavy atom. The van der Waals surface area contributed by atoms with Crippen LogP contribution in [0.15, 0.2) is 64.6 Å². The Bertz CT molecular complexity index is 1090. The lowest BCUT2D eigenvalue weighted by Crippen LogP contribution is -2.48. The van der Waals surface area contributed by atoms with Gasteiger partial charge in [-0.1, -0.05) is 31.0 Å². The van der Waals surface area contributed by atoms with Gasteiger partial charge >= 0.3 is 0 Å². The maximum atomic E-state index is 13.5. The summed E-state index contributed by atoms with van der Waals surface area (Å²) in [5.41, 5.74) is 0.669. The monoisotopic (exact) mass is 483 g/mol. The molecule has 2 aromatic heterocycles. The van der Waals surface area contributed by atoms with Gasteiger partial charge in [0.2, 0.25) is 11.8 Å². The lowest BCUT2D eigenvalue weighted by atomic mass is 10.1. The van der Waals surface area contributed by atoms with Crippen LogP contribution in [0.4, 0.5) is 4.39 Å². The fourth-order valence-corrected chi connectivity index (χ4v) is 4.92. The molecule has 3 amide bonds. The number of hydrogen-bond donors (Lipinski definition) is 2. The third kappa shape index (κ3) is 5.91. The summed E-state index contributed by atoms with van der Waals surface area (Å²) in [4.78, 5) is 41.3. The van der Waals surface area contributed by atoms with E-state index in [9.17, 15) is 18.8 Å². The van der Waals surface area contributed by atoms with E-state index in [0.717, 1.165) is 25.7 Å². The zero-order valence-electron chi connectivity index (χ0n) is 18.5. The minimum Gasteiger partial charge on any atom is -0.459 e. The molecule has 4 rings (SSSR count). The van der Waals surface area contributed by atoms with Crippen LogP contribution in [0.25, 0.3) is 0 Å². The van der Waals surface area contributed by atoms with Gasteiger partial charge in [0.1, 0.15) is 11.9 Å². The highest BCUT2D eigenvalue weighted by Gasteiger charge is 2.34. The first-order valence-electron chi connectivity index (χ1n) is 11.2. The van der Waals surface area contributed by atoms with Crippen LogP contribution in [-0.4, -0.2) is 35.2 Å². The SMILES string of the molecule is O=C(NCC(=O)N(Cc1ccc(F)cc1)[C@@H](C(=O)NC1CCCC1)c1cccs1)c1ccco1. The van der Waals surface area contributed by atoms with Crippen molar-refractivity contribution in [2.24, 2.45) is 0 Å². The van der Waals surface area contributed by atoms with Gasteiger partial charge in [0.25, 0.3) is 5.91 Å². The van der Waals surface area contributed by atoms with Crippen LogP contribution in [0.2, 0.25) is 0 Å². The fourth-order valence-electron chi connectivity index (χ4n) is 4.08. The molecule has 0 unspecified atom stereocenters. The van der Waals surface area contributed by atoms with E-state index in [2.05, 4.69) is 10.6 Å². The minimum atomic E-state index is -0.876. The molecule has 1 atom stereocenters. The topological polar surface area (TPSA) is 91.7 Å². The van der Waals surface area contributed by atoms with Gasteiger partial charge in [-0.2, -0.15) is 0 Å². The molecule has 1 fully saturated rings. The number of carbonyl (C=O) groups excluding carboxylic acids is 3. The highest BCUT2D eigenvalue weighted by Crippen LogP contribution is 2.29. The molecule has 2 heterocycles. The highest BCUT2D eigenvalue weighted by atomic mass is 32.1. The number of hydrogen-bond acceptors (Lipinski definition) is 5. The molecule has 1 aliphatic carbocycles. The Hall–Kier alpha value is -3.46. The van der Waals surface area contributed by atoms with Crippen molar-refractivity contribution in [2.75, 3.05) is 6.54 Å². The van der Waals surface area contributed by atoms with Crippen molar-refractivity contribution in [3.8, 4) is 0 Å². The molecule has 34 heavy (non-hydrogen) atoms. The highest BCUT2D eigenvalue weighted by molar-refractivity contribution is 7.10. The third-order valence-electron chi connectivity index (χ3n) is 5.81. The first-order valence-corrected chi connectivity index (χ1v) is 12.1. The third-order valence-corrected chi connectivity index (χ3v) is 6.73. The zero-order chi connectivity index (χ0) is 23.9. The van der Waals surface area contributed by atoms with Crippen LogP contribution < -0.4 is 10.6 Å². The molecule has 1 aromatic carbocycles. The summed E-state index contributed by atoms with van der Waals surface area (Å²) >= 11 is 1.38. The summed E-state index contributed by atoms with van der Waals surface area (Å²) in [5.74, 6) is -1.53. The summed E-state index contributed by atoms with van der Waals surface area (Å²) < 4.78 is 18.5. The summed E-state index contributed by atoms with van der Waals surface area (Å²) in [6.45, 7) is -0.240. The van der Waals surface area contributed by atoms with Crippen molar-refractivity contribution < 1.29 is 23.2 Å². The summed E-state index contributed by atoms with van der Waals surface area (Å²) in [5, 5.41) is 7.51. The van der Waals surface area contributed by atoms with E-state index in [4.69, 9.17) is 4.42 Å². The first-order chi connectivity index (χ1) is 16.5. The van der Waals surface area contributed by atoms with E-state index in [1.807, 2.05) is 17.5 Å². The van der Waals surface area contributed by atoms with Crippen molar-refractivity contribution >= 4 is 29.1 Å². The van der Waals surface area contributed by atoms with Crippen molar-refractivity contribution in [2.45, 2.75) is 44.3 Å². The standard InChI is InChI=1S/C25H26FN3O4S/c26-18-11-9-17(10-12-18)16-29(22(30)15-27-24(31)20-7-3-13-33-20)23(21-8-4-14-34-21)25(32)28-19-5-1-2-6-19/h3-4,7-14,19,23H,1-2,5-6,15-16H2,(H,27,31)(H,28,32)/t23-/m1/s1. The van der Waals surface area contributed by atoms with Crippen molar-refractivity contribution in [1.29, 1.82) is 0 Å². The lowest BCUT2D eigenvalue weighted by Gasteiger charge is -2.31. The Kier molecular flexibility index (Phi) is 7.74. The van der Waals surface area contributed by atoms with E-state index < -0.39 is 17.9 Å². The van der Waals surface area contributed by atoms with E-state index in [1.165, 1.54) is 40.7 Å². The average Bonchev–Trinajstić information content (AvgIpc) is 3.62. The second-order valence-electron chi connectivity index (χ2n) is 8.22. The van der Waals surface area contributed by atoms with Gasteiger partial charge in [-0.3, -0.25) is 14.4 Å². The first kappa shape index (κ1) is 23.7. The number of carbonyl (C=O) groups is 3. The summed E-state index contributed by atoms with van der Waals surface area (Å²) in [6.07, 6.45) is 5.32. The van der Waals surface area contributed by atoms with E-state index in [1.54, 1.807) is 18.2 Å². The molecule has 2 N–H and O–H groups in total. The van der Waals surface area contributed by atoms with E-state index in [0.29, 0.717) is 10.4 Å². The quantitative estimate of drug-likeness (QED) is 0.481. The minimum absolute atomic E-state index is 0.0798. The second-order valence-corrected chi connectivity index (χ2v) is 9.20. The molecule has 0 bridgehead atoms. The number of halogens is 1. The van der Waals surface area contributed by atoms with Gasteiger partial charge in [0.15, 0.2) is 5.76 Å². The zero-order valence-corrected chi connectivity index (χ0v) is 19.4. The molecule has 0 saturated heterocycles. The van der Waals surface area contributed by atoms with Gasteiger partial charge in [0, 0.05) is 17.5 Å². The van der Waals surface area contributed by atoms with E-state index >= 15 is 0 Å². The predicted octanol–water partition coefficient (Wildman–Crippen LogP) is 4.04. The smallest absolute Gasteiger partial charge is 0.287 e. The Balaban J connectivity index is 1.58. The Morgan fingerprint density at radius 3 is 2.50 bits per heavy atom. The molecule has 178 valence electrons. The van der Waals surface area contributed by atoms with Gasteiger partial charge in [0.05, 0.1) is 12.8 Å². The maximum Gasteiger partial charge on any atom is 0.287 e. The predicted molar refractivity (Wildman–Crippen MR) is 125 cm³/mol. The van der Waals surface area contributed by atoms with Gasteiger partial charge in [-0.25, -0.2) is 4.39 Å². The number of amides is 3. The molecule has 1 aliphatic rings. The molecule has 7 nitrogen and oxygen atoms in total. The van der Waals surface area contributed by atoms with Crippen LogP contribution in [0.3, 0.4) is 0 Å². The van der Waals surface area contributed by atoms with E-state index in [-0.39, 0.29) is 36.6 Å². The molecular formula is C25H26FN3O4S. The van der Waals surface area contributed by atoms with Gasteiger partial charge < -0.3 is 20.0 Å². The normalized spacial score (nSPS) is 14.5. The molecular weight excluding hydrogens is 457 g/mol. The second kappa shape index (κ2) is 11.1. The van der Waals surface area contributed by atoms with Crippen LogP contribution in [-0.2, 0) is 16.1 Å². The van der Waals surface area contributed by atoms with Gasteiger partial charge in [-0.05, 0) is 54.1 Å². The number of thiophene rings is 1. The molecule has 1 saturated carbocycles.